The number of aromatic nitrogens is 2. The molecule has 1 heterocycles. The first-order valence-electron chi connectivity index (χ1n) is 5.94. The highest BCUT2D eigenvalue weighted by molar-refractivity contribution is 7.98. The Balaban J connectivity index is 1.96. The fourth-order valence-corrected chi connectivity index (χ4v) is 3.05. The lowest BCUT2D eigenvalue weighted by molar-refractivity contribution is 0.368. The first-order chi connectivity index (χ1) is 8.28. The standard InChI is InChI=1S/C12H18ClN3S/c1-17-11-6-10(15-9-16-11)14-8-12(7-13)4-2-3-5-12/h6,9H,2-5,7-8H2,1H3,(H,14,15,16). The number of anilines is 1. The Kier molecular flexibility index (Phi) is 4.51. The summed E-state index contributed by atoms with van der Waals surface area (Å²) in [7, 11) is 0. The Hall–Kier alpha value is -0.480. The molecule has 0 aliphatic heterocycles. The van der Waals surface area contributed by atoms with E-state index >= 15 is 0 Å². The van der Waals surface area contributed by atoms with Crippen LogP contribution in [-0.2, 0) is 0 Å². The lowest BCUT2D eigenvalue weighted by atomic mass is 9.88. The van der Waals surface area contributed by atoms with Crippen LogP contribution in [0.25, 0.3) is 0 Å². The van der Waals surface area contributed by atoms with E-state index in [9.17, 15) is 0 Å². The summed E-state index contributed by atoms with van der Waals surface area (Å²) in [5.74, 6) is 1.64. The van der Waals surface area contributed by atoms with Gasteiger partial charge in [0.2, 0.25) is 0 Å². The van der Waals surface area contributed by atoms with Crippen LogP contribution in [0.5, 0.6) is 0 Å². The number of alkyl halides is 1. The molecule has 0 radical (unpaired) electrons. The number of rotatable bonds is 5. The van der Waals surface area contributed by atoms with E-state index in [1.165, 1.54) is 25.7 Å². The first-order valence-corrected chi connectivity index (χ1v) is 7.70. The Morgan fingerprint density at radius 3 is 2.82 bits per heavy atom. The molecule has 0 amide bonds. The van der Waals surface area contributed by atoms with Gasteiger partial charge in [0.1, 0.15) is 17.2 Å². The number of halogens is 1. The molecule has 0 atom stereocenters. The second kappa shape index (κ2) is 5.91. The maximum Gasteiger partial charge on any atom is 0.130 e. The van der Waals surface area contributed by atoms with E-state index < -0.39 is 0 Å². The van der Waals surface area contributed by atoms with Crippen LogP contribution >= 0.6 is 23.4 Å². The van der Waals surface area contributed by atoms with E-state index in [4.69, 9.17) is 11.6 Å². The maximum absolute atomic E-state index is 6.11. The SMILES string of the molecule is CSc1cc(NCC2(CCl)CCCC2)ncn1. The number of hydrogen-bond donors (Lipinski definition) is 1. The van der Waals surface area contributed by atoms with Crippen molar-refractivity contribution in [1.29, 1.82) is 0 Å². The van der Waals surface area contributed by atoms with Crippen molar-refractivity contribution in [2.45, 2.75) is 30.7 Å². The van der Waals surface area contributed by atoms with Crippen LogP contribution < -0.4 is 5.32 Å². The van der Waals surface area contributed by atoms with Gasteiger partial charge in [-0.15, -0.1) is 23.4 Å². The number of thioether (sulfide) groups is 1. The Labute approximate surface area is 112 Å². The molecule has 5 heteroatoms. The summed E-state index contributed by atoms with van der Waals surface area (Å²) in [6.07, 6.45) is 8.68. The summed E-state index contributed by atoms with van der Waals surface area (Å²) in [5.41, 5.74) is 0.270. The Morgan fingerprint density at radius 1 is 1.41 bits per heavy atom. The Bertz CT molecular complexity index is 367. The fourth-order valence-electron chi connectivity index (χ4n) is 2.31. The predicted octanol–water partition coefficient (Wildman–Crippen LogP) is 3.41. The van der Waals surface area contributed by atoms with Gasteiger partial charge in [0.25, 0.3) is 0 Å². The lowest BCUT2D eigenvalue weighted by Crippen LogP contribution is -2.28. The third-order valence-electron chi connectivity index (χ3n) is 3.44. The van der Waals surface area contributed by atoms with E-state index in [0.29, 0.717) is 0 Å². The van der Waals surface area contributed by atoms with Crippen molar-refractivity contribution >= 4 is 29.2 Å². The van der Waals surface area contributed by atoms with Gasteiger partial charge >= 0.3 is 0 Å². The van der Waals surface area contributed by atoms with E-state index in [1.54, 1.807) is 18.1 Å². The molecule has 1 aromatic rings. The molecule has 0 aromatic carbocycles. The molecule has 1 N–H and O–H groups in total. The van der Waals surface area contributed by atoms with Gasteiger partial charge in [-0.1, -0.05) is 12.8 Å². The lowest BCUT2D eigenvalue weighted by Gasteiger charge is -2.26. The van der Waals surface area contributed by atoms with Crippen molar-refractivity contribution in [2.24, 2.45) is 5.41 Å². The smallest absolute Gasteiger partial charge is 0.130 e. The second-order valence-corrected chi connectivity index (χ2v) is 5.73. The summed E-state index contributed by atoms with van der Waals surface area (Å²) in [6.45, 7) is 0.918. The normalized spacial score (nSPS) is 18.2. The molecule has 17 heavy (non-hydrogen) atoms. The van der Waals surface area contributed by atoms with Crippen LogP contribution in [0.2, 0.25) is 0 Å². The zero-order chi connectivity index (χ0) is 12.1. The van der Waals surface area contributed by atoms with Gasteiger partial charge in [0.05, 0.1) is 0 Å². The zero-order valence-electron chi connectivity index (χ0n) is 10.1. The summed E-state index contributed by atoms with van der Waals surface area (Å²) in [5, 5.41) is 4.40. The van der Waals surface area contributed by atoms with Gasteiger partial charge in [-0.2, -0.15) is 0 Å². The van der Waals surface area contributed by atoms with Crippen LogP contribution in [0.15, 0.2) is 17.4 Å². The molecular formula is C12H18ClN3S. The van der Waals surface area contributed by atoms with Crippen LogP contribution in [0.1, 0.15) is 25.7 Å². The minimum absolute atomic E-state index is 0.270. The van der Waals surface area contributed by atoms with E-state index in [1.807, 2.05) is 12.3 Å². The van der Waals surface area contributed by atoms with Crippen LogP contribution in [0.3, 0.4) is 0 Å². The van der Waals surface area contributed by atoms with Gasteiger partial charge in [-0.3, -0.25) is 0 Å². The van der Waals surface area contributed by atoms with E-state index in [0.717, 1.165) is 23.3 Å². The highest BCUT2D eigenvalue weighted by Gasteiger charge is 2.32. The highest BCUT2D eigenvalue weighted by Crippen LogP contribution is 2.39. The van der Waals surface area contributed by atoms with E-state index in [-0.39, 0.29) is 5.41 Å². The molecule has 0 bridgehead atoms. The first kappa shape index (κ1) is 13.0. The van der Waals surface area contributed by atoms with Crippen LogP contribution in [-0.4, -0.2) is 28.6 Å². The van der Waals surface area contributed by atoms with Crippen LogP contribution in [0, 0.1) is 5.41 Å². The molecule has 0 unspecified atom stereocenters. The van der Waals surface area contributed by atoms with Crippen molar-refractivity contribution in [3.8, 4) is 0 Å². The highest BCUT2D eigenvalue weighted by atomic mass is 35.5. The third-order valence-corrected chi connectivity index (χ3v) is 4.65. The predicted molar refractivity (Wildman–Crippen MR) is 73.9 cm³/mol. The number of nitrogens with one attached hydrogen (secondary N) is 1. The molecule has 1 saturated carbocycles. The largest absolute Gasteiger partial charge is 0.369 e. The van der Waals surface area contributed by atoms with Crippen molar-refractivity contribution in [3.05, 3.63) is 12.4 Å². The summed E-state index contributed by atoms with van der Waals surface area (Å²) in [4.78, 5) is 8.40. The number of nitrogens with zero attached hydrogens (tertiary/aromatic N) is 2. The van der Waals surface area contributed by atoms with Crippen LogP contribution in [0.4, 0.5) is 5.82 Å². The monoisotopic (exact) mass is 271 g/mol. The van der Waals surface area contributed by atoms with Gasteiger partial charge < -0.3 is 5.32 Å². The molecule has 1 aliphatic carbocycles. The maximum atomic E-state index is 6.11. The van der Waals surface area contributed by atoms with Crippen molar-refractivity contribution < 1.29 is 0 Å². The molecule has 1 fully saturated rings. The average molecular weight is 272 g/mol. The second-order valence-electron chi connectivity index (χ2n) is 4.64. The average Bonchev–Trinajstić information content (AvgIpc) is 2.86. The van der Waals surface area contributed by atoms with Gasteiger partial charge in [-0.25, -0.2) is 9.97 Å². The molecule has 2 rings (SSSR count). The quantitative estimate of drug-likeness (QED) is 0.506. The molecule has 3 nitrogen and oxygen atoms in total. The van der Waals surface area contributed by atoms with E-state index in [2.05, 4.69) is 15.3 Å². The third kappa shape index (κ3) is 3.26. The molecule has 0 spiro atoms. The molecule has 0 saturated heterocycles. The van der Waals surface area contributed by atoms with Crippen molar-refractivity contribution in [2.75, 3.05) is 24.0 Å². The Morgan fingerprint density at radius 2 is 2.18 bits per heavy atom. The minimum atomic E-state index is 0.270. The van der Waals surface area contributed by atoms with Gasteiger partial charge in [0, 0.05) is 23.9 Å². The molecule has 1 aliphatic rings. The van der Waals surface area contributed by atoms with Gasteiger partial charge in [-0.05, 0) is 19.1 Å². The minimum Gasteiger partial charge on any atom is -0.369 e. The molecule has 94 valence electrons. The molecule has 1 aromatic heterocycles. The summed E-state index contributed by atoms with van der Waals surface area (Å²) >= 11 is 7.74. The van der Waals surface area contributed by atoms with Crippen molar-refractivity contribution in [1.82, 2.24) is 9.97 Å². The summed E-state index contributed by atoms with van der Waals surface area (Å²) in [6, 6.07) is 1.99. The van der Waals surface area contributed by atoms with Gasteiger partial charge in [0.15, 0.2) is 0 Å². The fraction of sp³-hybridized carbons (Fsp3) is 0.667. The van der Waals surface area contributed by atoms with Crippen molar-refractivity contribution in [3.63, 3.8) is 0 Å². The zero-order valence-corrected chi connectivity index (χ0v) is 11.7. The summed E-state index contributed by atoms with van der Waals surface area (Å²) < 4.78 is 0. The number of hydrogen-bond acceptors (Lipinski definition) is 4. The topological polar surface area (TPSA) is 37.8 Å². The molecular weight excluding hydrogens is 254 g/mol.